The number of likely N-dealkylation sites (tertiary alicyclic amines) is 1. The van der Waals surface area contributed by atoms with Gasteiger partial charge in [0.15, 0.2) is 0 Å². The van der Waals surface area contributed by atoms with E-state index >= 15 is 0 Å². The molecular formula is C26H39N3O5. The largest absolute Gasteiger partial charge is 0.480 e. The molecule has 2 rings (SSSR count). The second-order valence-corrected chi connectivity index (χ2v) is 9.99. The first kappa shape index (κ1) is 27.3. The summed E-state index contributed by atoms with van der Waals surface area (Å²) in [5.74, 6) is -2.54. The fourth-order valence-corrected chi connectivity index (χ4v) is 5.01. The first-order chi connectivity index (χ1) is 15.9. The third-order valence-corrected chi connectivity index (χ3v) is 7.04. The van der Waals surface area contributed by atoms with Crippen molar-refractivity contribution in [1.29, 1.82) is 0 Å². The molecule has 1 aromatic rings. The van der Waals surface area contributed by atoms with Crippen molar-refractivity contribution in [2.45, 2.75) is 71.4 Å². The van der Waals surface area contributed by atoms with Crippen molar-refractivity contribution < 1.29 is 24.3 Å². The zero-order chi connectivity index (χ0) is 25.6. The fourth-order valence-electron chi connectivity index (χ4n) is 5.01. The van der Waals surface area contributed by atoms with E-state index in [-0.39, 0.29) is 36.1 Å². The average Bonchev–Trinajstić information content (AvgIpc) is 3.28. The number of carbonyl (C=O) groups excluding carboxylic acids is 3. The average molecular weight is 474 g/mol. The van der Waals surface area contributed by atoms with Crippen LogP contribution in [-0.2, 0) is 24.6 Å². The molecule has 1 fully saturated rings. The Labute approximate surface area is 202 Å². The molecule has 34 heavy (non-hydrogen) atoms. The number of aliphatic carboxylic acids is 1. The van der Waals surface area contributed by atoms with Gasteiger partial charge in [-0.15, -0.1) is 0 Å². The third kappa shape index (κ3) is 5.96. The maximum atomic E-state index is 13.2. The molecular weight excluding hydrogens is 434 g/mol. The monoisotopic (exact) mass is 473 g/mol. The predicted octanol–water partition coefficient (Wildman–Crippen LogP) is 2.67. The minimum absolute atomic E-state index is 0.212. The number of hydrogen-bond acceptors (Lipinski definition) is 4. The summed E-state index contributed by atoms with van der Waals surface area (Å²) >= 11 is 0. The van der Waals surface area contributed by atoms with E-state index in [1.54, 1.807) is 0 Å². The molecule has 0 radical (unpaired) electrons. The Balaban J connectivity index is 2.08. The Kier molecular flexibility index (Phi) is 9.24. The maximum absolute atomic E-state index is 13.2. The van der Waals surface area contributed by atoms with Gasteiger partial charge in [0.25, 0.3) is 0 Å². The second-order valence-electron chi connectivity index (χ2n) is 9.99. The number of nitrogens with one attached hydrogen (secondary N) is 1. The van der Waals surface area contributed by atoms with Crippen LogP contribution in [0.15, 0.2) is 30.3 Å². The van der Waals surface area contributed by atoms with Gasteiger partial charge in [-0.2, -0.15) is 0 Å². The van der Waals surface area contributed by atoms with Crippen LogP contribution in [0.3, 0.4) is 0 Å². The molecule has 0 aromatic heterocycles. The highest BCUT2D eigenvalue weighted by molar-refractivity contribution is 5.92. The van der Waals surface area contributed by atoms with Crippen molar-refractivity contribution in [2.24, 2.45) is 11.8 Å². The lowest BCUT2D eigenvalue weighted by Gasteiger charge is -2.35. The minimum Gasteiger partial charge on any atom is -0.480 e. The first-order valence-corrected chi connectivity index (χ1v) is 12.1. The Hall–Kier alpha value is -2.90. The van der Waals surface area contributed by atoms with Gasteiger partial charge >= 0.3 is 5.97 Å². The zero-order valence-electron chi connectivity index (χ0n) is 21.2. The van der Waals surface area contributed by atoms with E-state index in [9.17, 15) is 24.3 Å². The van der Waals surface area contributed by atoms with Crippen molar-refractivity contribution in [3.8, 4) is 0 Å². The van der Waals surface area contributed by atoms with Crippen LogP contribution in [0.25, 0.3) is 0 Å². The highest BCUT2D eigenvalue weighted by atomic mass is 16.4. The number of carbonyl (C=O) groups is 4. The van der Waals surface area contributed by atoms with E-state index in [2.05, 4.69) is 5.32 Å². The van der Waals surface area contributed by atoms with Gasteiger partial charge in [0, 0.05) is 24.9 Å². The number of rotatable bonds is 10. The summed E-state index contributed by atoms with van der Waals surface area (Å²) in [5, 5.41) is 12.2. The van der Waals surface area contributed by atoms with Crippen molar-refractivity contribution in [3.63, 3.8) is 0 Å². The number of hydrogen-bond donors (Lipinski definition) is 2. The molecule has 3 atom stereocenters. The Morgan fingerprint density at radius 3 is 2.32 bits per heavy atom. The van der Waals surface area contributed by atoms with Crippen molar-refractivity contribution in [3.05, 3.63) is 35.9 Å². The fraction of sp³-hybridized carbons (Fsp3) is 0.615. The normalized spacial score (nSPS) is 17.9. The van der Waals surface area contributed by atoms with Crippen LogP contribution < -0.4 is 5.32 Å². The molecule has 188 valence electrons. The van der Waals surface area contributed by atoms with Gasteiger partial charge in [-0.3, -0.25) is 14.4 Å². The van der Waals surface area contributed by atoms with E-state index < -0.39 is 23.5 Å². The van der Waals surface area contributed by atoms with E-state index in [1.165, 1.54) is 16.8 Å². The zero-order valence-corrected chi connectivity index (χ0v) is 21.2. The molecule has 1 aliphatic rings. The molecule has 2 N–H and O–H groups in total. The molecule has 1 aliphatic heterocycles. The third-order valence-electron chi connectivity index (χ3n) is 7.04. The van der Waals surface area contributed by atoms with E-state index in [0.717, 1.165) is 5.56 Å². The quantitative estimate of drug-likeness (QED) is 0.543. The Morgan fingerprint density at radius 2 is 1.79 bits per heavy atom. The molecule has 0 bridgehead atoms. The van der Waals surface area contributed by atoms with Crippen LogP contribution in [-0.4, -0.2) is 70.8 Å². The second kappa shape index (κ2) is 11.5. The summed E-state index contributed by atoms with van der Waals surface area (Å²) in [7, 11) is 1.54. The van der Waals surface area contributed by atoms with Gasteiger partial charge in [-0.05, 0) is 30.7 Å². The molecule has 0 aliphatic carbocycles. The van der Waals surface area contributed by atoms with Gasteiger partial charge in [-0.25, -0.2) is 4.79 Å². The minimum atomic E-state index is -1.03. The number of likely N-dealkylation sites (N-methyl/N-ethyl adjacent to an activating group) is 1. The topological polar surface area (TPSA) is 107 Å². The van der Waals surface area contributed by atoms with E-state index in [4.69, 9.17) is 0 Å². The molecule has 1 saturated heterocycles. The first-order valence-electron chi connectivity index (χ1n) is 12.1. The highest BCUT2D eigenvalue weighted by Gasteiger charge is 2.41. The van der Waals surface area contributed by atoms with Gasteiger partial charge in [-0.1, -0.05) is 65.0 Å². The number of benzene rings is 1. The Bertz CT molecular complexity index is 884. The van der Waals surface area contributed by atoms with Crippen LogP contribution in [0.2, 0.25) is 0 Å². The molecule has 3 amide bonds. The van der Waals surface area contributed by atoms with Crippen molar-refractivity contribution >= 4 is 23.7 Å². The smallest absolute Gasteiger partial charge is 0.326 e. The number of amides is 3. The van der Waals surface area contributed by atoms with E-state index in [1.807, 2.05) is 65.0 Å². The van der Waals surface area contributed by atoms with Crippen LogP contribution in [0.5, 0.6) is 0 Å². The van der Waals surface area contributed by atoms with Crippen molar-refractivity contribution in [1.82, 2.24) is 15.1 Å². The van der Waals surface area contributed by atoms with Crippen LogP contribution in [0, 0.1) is 11.8 Å². The molecule has 8 nitrogen and oxygen atoms in total. The molecule has 1 aromatic carbocycles. The summed E-state index contributed by atoms with van der Waals surface area (Å²) in [4.78, 5) is 53.5. The number of nitrogens with zero attached hydrogens (tertiary/aromatic N) is 2. The summed E-state index contributed by atoms with van der Waals surface area (Å²) in [6, 6.07) is 8.15. The number of carboxylic acid groups (broad SMARTS) is 1. The lowest BCUT2D eigenvalue weighted by atomic mass is 9.71. The van der Waals surface area contributed by atoms with Crippen LogP contribution >= 0.6 is 0 Å². The summed E-state index contributed by atoms with van der Waals surface area (Å²) in [5.41, 5.74) is 0.622. The molecule has 0 saturated carbocycles. The summed E-state index contributed by atoms with van der Waals surface area (Å²) < 4.78 is 0. The number of carboxylic acids is 1. The van der Waals surface area contributed by atoms with Gasteiger partial charge in [0.05, 0.1) is 6.54 Å². The highest BCUT2D eigenvalue weighted by Crippen LogP contribution is 2.34. The summed E-state index contributed by atoms with van der Waals surface area (Å²) in [6.07, 6.45) is 1.64. The molecule has 1 heterocycles. The van der Waals surface area contributed by atoms with Gasteiger partial charge < -0.3 is 20.2 Å². The Morgan fingerprint density at radius 1 is 1.18 bits per heavy atom. The summed E-state index contributed by atoms with van der Waals surface area (Å²) in [6.45, 7) is 9.78. The van der Waals surface area contributed by atoms with Gasteiger partial charge in [0.1, 0.15) is 12.1 Å². The van der Waals surface area contributed by atoms with Crippen molar-refractivity contribution in [2.75, 3.05) is 20.1 Å². The SMILES string of the molecule is CC[C@H](C(=O)NCC(=O)N(C)[C@H](C(=O)N1CCC[C@H]1C(=O)O)C(C)C)C(C)(C)c1ccccc1. The van der Waals surface area contributed by atoms with E-state index in [0.29, 0.717) is 25.8 Å². The predicted molar refractivity (Wildman–Crippen MR) is 130 cm³/mol. The standard InChI is InChI=1S/C26H39N3O5/c1-7-19(26(4,5)18-12-9-8-10-13-18)23(31)27-16-21(30)28(6)22(17(2)3)24(32)29-15-11-14-20(29)25(33)34/h8-10,12-13,17,19-20,22H,7,11,14-16H2,1-6H3,(H,27,31)(H,33,34)/t19-,20+,22+/m1/s1. The maximum Gasteiger partial charge on any atom is 0.326 e. The van der Waals surface area contributed by atoms with Gasteiger partial charge in [0.2, 0.25) is 17.7 Å². The van der Waals surface area contributed by atoms with Crippen LogP contribution in [0.1, 0.15) is 59.4 Å². The molecule has 0 unspecified atom stereocenters. The van der Waals surface area contributed by atoms with Crippen LogP contribution in [0.4, 0.5) is 0 Å². The molecule has 8 heteroatoms. The molecule has 0 spiro atoms. The lowest BCUT2D eigenvalue weighted by molar-refractivity contribution is -0.153. The lowest BCUT2D eigenvalue weighted by Crippen LogP contribution is -2.56.